The number of carbonyl (C=O) groups is 1. The average Bonchev–Trinajstić information content (AvgIpc) is 2.70. The molecule has 0 saturated carbocycles. The van der Waals surface area contributed by atoms with Gasteiger partial charge in [-0.3, -0.25) is 4.99 Å². The molecule has 0 bridgehead atoms. The number of ether oxygens (including phenoxy) is 1. The van der Waals surface area contributed by atoms with Gasteiger partial charge in [0.15, 0.2) is 11.4 Å². The summed E-state index contributed by atoms with van der Waals surface area (Å²) in [7, 11) is 0. The number of nitrogens with one attached hydrogen (secondary N) is 1. The van der Waals surface area contributed by atoms with E-state index in [0.717, 1.165) is 0 Å². The zero-order chi connectivity index (χ0) is 17.9. The smallest absolute Gasteiger partial charge is 0.438 e. The molecule has 23 heavy (non-hydrogen) atoms. The normalized spacial score (nSPS) is 23.7. The van der Waals surface area contributed by atoms with E-state index in [2.05, 4.69) is 10.3 Å². The van der Waals surface area contributed by atoms with Crippen molar-refractivity contribution in [3.8, 4) is 6.19 Å². The minimum Gasteiger partial charge on any atom is -0.444 e. The number of hydrogen-bond donors (Lipinski definition) is 2. The van der Waals surface area contributed by atoms with E-state index in [4.69, 9.17) is 10.00 Å². The number of hydrogen-bond acceptors (Lipinski definition) is 6. The molecule has 1 aliphatic heterocycles. The fourth-order valence-electron chi connectivity index (χ4n) is 1.53. The number of aliphatic imine (C=N–C) groups is 1. The Morgan fingerprint density at radius 2 is 2.17 bits per heavy atom. The lowest BCUT2D eigenvalue weighted by Crippen LogP contribution is -2.56. The first-order chi connectivity index (χ1) is 10.4. The van der Waals surface area contributed by atoms with Crippen LogP contribution >= 0.6 is 11.8 Å². The van der Waals surface area contributed by atoms with Crippen LogP contribution in [0.1, 0.15) is 20.8 Å². The van der Waals surface area contributed by atoms with Gasteiger partial charge in [0.05, 0.1) is 12.3 Å². The lowest BCUT2D eigenvalue weighted by Gasteiger charge is -2.29. The summed E-state index contributed by atoms with van der Waals surface area (Å²) in [5, 5.41) is 20.6. The van der Waals surface area contributed by atoms with Crippen molar-refractivity contribution in [2.45, 2.75) is 38.3 Å². The molecule has 1 fully saturated rings. The van der Waals surface area contributed by atoms with Crippen LogP contribution in [0.2, 0.25) is 0 Å². The van der Waals surface area contributed by atoms with Crippen molar-refractivity contribution < 1.29 is 27.8 Å². The number of nitrogens with zero attached hydrogens (tertiary/aromatic N) is 3. The summed E-state index contributed by atoms with van der Waals surface area (Å²) in [4.78, 5) is 15.3. The first-order valence-corrected chi connectivity index (χ1v) is 7.52. The summed E-state index contributed by atoms with van der Waals surface area (Å²) in [5.74, 6) is -0.748. The van der Waals surface area contributed by atoms with Gasteiger partial charge in [0.25, 0.3) is 5.72 Å². The van der Waals surface area contributed by atoms with E-state index >= 15 is 0 Å². The number of alkyl carbamates (subject to hydrolysis) is 1. The predicted octanol–water partition coefficient (Wildman–Crippen LogP) is 1.65. The van der Waals surface area contributed by atoms with Crippen molar-refractivity contribution in [2.75, 3.05) is 18.8 Å². The maximum absolute atomic E-state index is 12.8. The minimum absolute atomic E-state index is 0.0166. The highest BCUT2D eigenvalue weighted by Gasteiger charge is 2.63. The predicted molar refractivity (Wildman–Crippen MR) is 77.5 cm³/mol. The van der Waals surface area contributed by atoms with Gasteiger partial charge in [-0.15, -0.1) is 0 Å². The first-order valence-electron chi connectivity index (χ1n) is 6.54. The molecule has 11 heteroatoms. The van der Waals surface area contributed by atoms with Crippen molar-refractivity contribution in [3.63, 3.8) is 0 Å². The average molecular weight is 354 g/mol. The highest BCUT2D eigenvalue weighted by Crippen LogP contribution is 2.42. The number of rotatable bonds is 3. The zero-order valence-corrected chi connectivity index (χ0v) is 13.6. The molecule has 0 spiro atoms. The molecule has 1 unspecified atom stereocenters. The van der Waals surface area contributed by atoms with E-state index in [9.17, 15) is 23.1 Å². The summed E-state index contributed by atoms with van der Waals surface area (Å²) in [5.41, 5.74) is -3.93. The third kappa shape index (κ3) is 4.90. The second-order valence-electron chi connectivity index (χ2n) is 5.63. The molecular weight excluding hydrogens is 337 g/mol. The Morgan fingerprint density at radius 1 is 1.57 bits per heavy atom. The van der Waals surface area contributed by atoms with Crippen LogP contribution in [0.25, 0.3) is 0 Å². The van der Waals surface area contributed by atoms with Crippen molar-refractivity contribution in [1.82, 2.24) is 10.2 Å². The van der Waals surface area contributed by atoms with Gasteiger partial charge in [0.2, 0.25) is 0 Å². The summed E-state index contributed by atoms with van der Waals surface area (Å²) in [6.45, 7) is 5.01. The highest BCUT2D eigenvalue weighted by atomic mass is 32.2. The summed E-state index contributed by atoms with van der Waals surface area (Å²) >= 11 is 0.617. The van der Waals surface area contributed by atoms with E-state index in [1.807, 2.05) is 0 Å². The Labute approximate surface area is 135 Å². The number of amidine groups is 1. The van der Waals surface area contributed by atoms with E-state index in [1.165, 1.54) is 6.19 Å². The lowest BCUT2D eigenvalue weighted by atomic mass is 10.2. The second kappa shape index (κ2) is 6.84. The summed E-state index contributed by atoms with van der Waals surface area (Å²) in [6.07, 6.45) is -4.37. The molecule has 1 saturated heterocycles. The van der Waals surface area contributed by atoms with Crippen molar-refractivity contribution in [3.05, 3.63) is 0 Å². The zero-order valence-electron chi connectivity index (χ0n) is 12.8. The van der Waals surface area contributed by atoms with Gasteiger partial charge >= 0.3 is 12.3 Å². The van der Waals surface area contributed by atoms with E-state index in [0.29, 0.717) is 11.8 Å². The number of aliphatic hydroxyl groups is 1. The van der Waals surface area contributed by atoms with Crippen LogP contribution in [0.15, 0.2) is 4.99 Å². The standard InChI is InChI=1S/C12H17F3N4O3S/c1-10(2,3)22-9(20)18-5-4-17-8-19(7-16)11(21,6-23-8)12(13,14)15/h21H,4-6H2,1-3H3,(H,18,20). The Kier molecular flexibility index (Phi) is 5.76. The van der Waals surface area contributed by atoms with Crippen LogP contribution in [-0.4, -0.2) is 57.6 Å². The maximum atomic E-state index is 12.8. The molecule has 2 N–H and O–H groups in total. The van der Waals surface area contributed by atoms with Gasteiger partial charge in [-0.1, -0.05) is 11.8 Å². The molecule has 1 amide bonds. The molecule has 1 rings (SSSR count). The van der Waals surface area contributed by atoms with Crippen LogP contribution in [0.3, 0.4) is 0 Å². The lowest BCUT2D eigenvalue weighted by molar-refractivity contribution is -0.280. The Hall–Kier alpha value is -1.67. The van der Waals surface area contributed by atoms with Gasteiger partial charge < -0.3 is 15.2 Å². The van der Waals surface area contributed by atoms with Gasteiger partial charge in [-0.25, -0.2) is 9.69 Å². The summed E-state index contributed by atoms with van der Waals surface area (Å²) < 4.78 is 43.4. The molecular formula is C12H17F3N4O3S. The molecule has 130 valence electrons. The van der Waals surface area contributed by atoms with Crippen molar-refractivity contribution in [2.24, 2.45) is 4.99 Å². The molecule has 7 nitrogen and oxygen atoms in total. The fraction of sp³-hybridized carbons (Fsp3) is 0.750. The van der Waals surface area contributed by atoms with Gasteiger partial charge in [0, 0.05) is 6.54 Å². The van der Waals surface area contributed by atoms with Crippen LogP contribution < -0.4 is 5.32 Å². The van der Waals surface area contributed by atoms with Crippen molar-refractivity contribution in [1.29, 1.82) is 5.26 Å². The third-order valence-corrected chi connectivity index (χ3v) is 3.66. The van der Waals surface area contributed by atoms with Gasteiger partial charge in [0.1, 0.15) is 5.60 Å². The van der Waals surface area contributed by atoms with Gasteiger partial charge in [-0.2, -0.15) is 18.4 Å². The number of thioether (sulfide) groups is 1. The number of alkyl halides is 3. The van der Waals surface area contributed by atoms with Crippen molar-refractivity contribution >= 4 is 23.0 Å². The molecule has 1 aliphatic rings. The van der Waals surface area contributed by atoms with Crippen LogP contribution in [0.5, 0.6) is 0 Å². The van der Waals surface area contributed by atoms with Crippen LogP contribution in [0.4, 0.5) is 18.0 Å². The number of carbonyl (C=O) groups excluding carboxylic acids is 1. The molecule has 1 atom stereocenters. The monoisotopic (exact) mass is 354 g/mol. The second-order valence-corrected chi connectivity index (χ2v) is 6.57. The van der Waals surface area contributed by atoms with E-state index < -0.39 is 29.3 Å². The molecule has 0 aliphatic carbocycles. The number of nitriles is 1. The van der Waals surface area contributed by atoms with Crippen LogP contribution in [-0.2, 0) is 4.74 Å². The quantitative estimate of drug-likeness (QED) is 0.591. The van der Waals surface area contributed by atoms with Crippen LogP contribution in [0, 0.1) is 11.5 Å². The Balaban J connectivity index is 2.59. The molecule has 1 heterocycles. The molecule has 0 radical (unpaired) electrons. The number of amides is 1. The highest BCUT2D eigenvalue weighted by molar-refractivity contribution is 8.14. The third-order valence-electron chi connectivity index (χ3n) is 2.54. The van der Waals surface area contributed by atoms with Gasteiger partial charge in [-0.05, 0) is 20.8 Å². The van der Waals surface area contributed by atoms with E-state index in [-0.39, 0.29) is 23.2 Å². The topological polar surface area (TPSA) is 97.9 Å². The largest absolute Gasteiger partial charge is 0.444 e. The first kappa shape index (κ1) is 19.4. The molecule has 0 aromatic heterocycles. The summed E-state index contributed by atoms with van der Waals surface area (Å²) in [6, 6.07) is 0. The van der Waals surface area contributed by atoms with E-state index in [1.54, 1.807) is 20.8 Å². The number of halogens is 3. The minimum atomic E-state index is -4.98. The molecule has 0 aromatic carbocycles. The SMILES string of the molecule is CC(C)(C)OC(=O)NCCN=C1SCC(O)(C(F)(F)F)N1C#N. The fourth-order valence-corrected chi connectivity index (χ4v) is 2.65. The molecule has 0 aromatic rings. The maximum Gasteiger partial charge on any atom is 0.438 e. The Bertz CT molecular complexity index is 527. The Morgan fingerprint density at radius 3 is 2.65 bits per heavy atom.